The summed E-state index contributed by atoms with van der Waals surface area (Å²) in [5, 5.41) is 2.15. The van der Waals surface area contributed by atoms with Crippen LogP contribution in [0.4, 0.5) is 0 Å². The van der Waals surface area contributed by atoms with E-state index in [4.69, 9.17) is 5.73 Å². The summed E-state index contributed by atoms with van der Waals surface area (Å²) in [4.78, 5) is 3.89. The van der Waals surface area contributed by atoms with Gasteiger partial charge in [0.2, 0.25) is 0 Å². The van der Waals surface area contributed by atoms with Gasteiger partial charge in [0.25, 0.3) is 0 Å². The Morgan fingerprint density at radius 1 is 1.61 bits per heavy atom. The average Bonchev–Trinajstić information content (AvgIpc) is 3.00. The van der Waals surface area contributed by atoms with Crippen molar-refractivity contribution in [1.82, 2.24) is 4.90 Å². The van der Waals surface area contributed by atoms with Crippen molar-refractivity contribution in [2.24, 2.45) is 5.73 Å². The molecule has 0 aliphatic carbocycles. The van der Waals surface area contributed by atoms with Gasteiger partial charge in [-0.3, -0.25) is 4.90 Å². The standard InChI is InChI=1S/C13H21BrN2S2/c1-3-11(15)13(12-6-9(14)7-18-12)16(2)10-4-5-17-8-10/h6-7,10-11,13H,3-5,8,15H2,1-2H3. The molecule has 2 rings (SSSR count). The van der Waals surface area contributed by atoms with Crippen LogP contribution in [0.15, 0.2) is 15.9 Å². The number of thiophene rings is 1. The molecule has 1 aliphatic heterocycles. The summed E-state index contributed by atoms with van der Waals surface area (Å²) in [6.45, 7) is 2.18. The molecule has 0 spiro atoms. The molecular formula is C13H21BrN2S2. The monoisotopic (exact) mass is 348 g/mol. The van der Waals surface area contributed by atoms with Crippen molar-refractivity contribution in [2.45, 2.75) is 37.9 Å². The van der Waals surface area contributed by atoms with Crippen LogP contribution in [0.1, 0.15) is 30.7 Å². The second-order valence-electron chi connectivity index (χ2n) is 4.87. The van der Waals surface area contributed by atoms with E-state index in [2.05, 4.69) is 58.0 Å². The Morgan fingerprint density at radius 2 is 2.39 bits per heavy atom. The summed E-state index contributed by atoms with van der Waals surface area (Å²) in [5.41, 5.74) is 6.37. The van der Waals surface area contributed by atoms with Gasteiger partial charge in [0.1, 0.15) is 0 Å². The van der Waals surface area contributed by atoms with E-state index in [1.807, 2.05) is 11.3 Å². The van der Waals surface area contributed by atoms with E-state index < -0.39 is 0 Å². The second-order valence-corrected chi connectivity index (χ2v) is 7.88. The number of thioether (sulfide) groups is 1. The topological polar surface area (TPSA) is 29.3 Å². The van der Waals surface area contributed by atoms with Gasteiger partial charge in [0.05, 0.1) is 6.04 Å². The fourth-order valence-electron chi connectivity index (χ4n) is 2.49. The van der Waals surface area contributed by atoms with E-state index in [0.29, 0.717) is 12.1 Å². The Bertz CT molecular complexity index is 377. The molecule has 2 nitrogen and oxygen atoms in total. The molecule has 2 N–H and O–H groups in total. The summed E-state index contributed by atoms with van der Waals surface area (Å²) in [5.74, 6) is 2.53. The first kappa shape index (κ1) is 14.9. The SMILES string of the molecule is CCC(N)C(c1cc(Br)cs1)N(C)C1CCSC1. The van der Waals surface area contributed by atoms with Crippen LogP contribution in [0.3, 0.4) is 0 Å². The Morgan fingerprint density at radius 3 is 2.89 bits per heavy atom. The van der Waals surface area contributed by atoms with Crippen molar-refractivity contribution in [2.75, 3.05) is 18.6 Å². The highest BCUT2D eigenvalue weighted by molar-refractivity contribution is 9.10. The van der Waals surface area contributed by atoms with Gasteiger partial charge in [-0.1, -0.05) is 6.92 Å². The third-order valence-electron chi connectivity index (χ3n) is 3.68. The van der Waals surface area contributed by atoms with Gasteiger partial charge in [-0.05, 0) is 47.6 Å². The Labute approximate surface area is 126 Å². The first-order chi connectivity index (χ1) is 8.63. The van der Waals surface area contributed by atoms with Crippen LogP contribution in [-0.2, 0) is 0 Å². The molecule has 18 heavy (non-hydrogen) atoms. The Balaban J connectivity index is 2.18. The van der Waals surface area contributed by atoms with E-state index in [1.165, 1.54) is 27.3 Å². The number of halogens is 1. The quantitative estimate of drug-likeness (QED) is 0.878. The molecule has 0 amide bonds. The van der Waals surface area contributed by atoms with E-state index >= 15 is 0 Å². The van der Waals surface area contributed by atoms with Crippen molar-refractivity contribution in [1.29, 1.82) is 0 Å². The van der Waals surface area contributed by atoms with Gasteiger partial charge >= 0.3 is 0 Å². The predicted octanol–water partition coefficient (Wildman–Crippen LogP) is 3.73. The number of rotatable bonds is 5. The van der Waals surface area contributed by atoms with Crippen LogP contribution in [-0.4, -0.2) is 35.5 Å². The molecule has 0 saturated carbocycles. The maximum Gasteiger partial charge on any atom is 0.0593 e. The van der Waals surface area contributed by atoms with Gasteiger partial charge in [-0.2, -0.15) is 11.8 Å². The number of hydrogen-bond donors (Lipinski definition) is 1. The largest absolute Gasteiger partial charge is 0.326 e. The highest BCUT2D eigenvalue weighted by Crippen LogP contribution is 2.35. The van der Waals surface area contributed by atoms with Crippen molar-refractivity contribution in [3.05, 3.63) is 20.8 Å². The molecule has 1 saturated heterocycles. The van der Waals surface area contributed by atoms with Gasteiger partial charge in [-0.25, -0.2) is 0 Å². The summed E-state index contributed by atoms with van der Waals surface area (Å²) in [6.07, 6.45) is 2.31. The Hall–Kier alpha value is 0.450. The molecule has 102 valence electrons. The lowest BCUT2D eigenvalue weighted by Crippen LogP contribution is -2.43. The smallest absolute Gasteiger partial charge is 0.0593 e. The minimum Gasteiger partial charge on any atom is -0.326 e. The molecule has 0 bridgehead atoms. The highest BCUT2D eigenvalue weighted by Gasteiger charge is 2.31. The molecular weight excluding hydrogens is 328 g/mol. The van der Waals surface area contributed by atoms with Crippen LogP contribution in [0, 0.1) is 0 Å². The van der Waals surface area contributed by atoms with Crippen LogP contribution in [0.5, 0.6) is 0 Å². The second kappa shape index (κ2) is 6.75. The molecule has 1 aromatic rings. The first-order valence-corrected chi connectivity index (χ1v) is 9.25. The minimum atomic E-state index is 0.214. The third-order valence-corrected chi connectivity index (χ3v) is 6.59. The molecule has 1 fully saturated rings. The predicted molar refractivity (Wildman–Crippen MR) is 86.5 cm³/mol. The Kier molecular flexibility index (Phi) is 5.57. The number of likely N-dealkylation sites (N-methyl/N-ethyl adjacent to an activating group) is 1. The van der Waals surface area contributed by atoms with Crippen LogP contribution in [0.25, 0.3) is 0 Å². The summed E-state index contributed by atoms with van der Waals surface area (Å²) < 4.78 is 1.17. The van der Waals surface area contributed by atoms with Gasteiger partial charge in [0.15, 0.2) is 0 Å². The van der Waals surface area contributed by atoms with Crippen molar-refractivity contribution < 1.29 is 0 Å². The van der Waals surface area contributed by atoms with E-state index in [-0.39, 0.29) is 6.04 Å². The number of nitrogens with two attached hydrogens (primary N) is 1. The van der Waals surface area contributed by atoms with Gasteiger partial charge in [-0.15, -0.1) is 11.3 Å². The van der Waals surface area contributed by atoms with Crippen molar-refractivity contribution in [3.8, 4) is 0 Å². The zero-order chi connectivity index (χ0) is 13.1. The lowest BCUT2D eigenvalue weighted by atomic mass is 10.0. The molecule has 3 unspecified atom stereocenters. The lowest BCUT2D eigenvalue weighted by Gasteiger charge is -2.35. The van der Waals surface area contributed by atoms with Gasteiger partial charge < -0.3 is 5.73 Å². The maximum atomic E-state index is 6.37. The van der Waals surface area contributed by atoms with E-state index in [9.17, 15) is 0 Å². The van der Waals surface area contributed by atoms with E-state index in [1.54, 1.807) is 0 Å². The molecule has 0 radical (unpaired) electrons. The average molecular weight is 349 g/mol. The molecule has 1 aromatic heterocycles. The molecule has 0 aromatic carbocycles. The fourth-order valence-corrected chi connectivity index (χ4v) is 5.44. The molecule has 5 heteroatoms. The third kappa shape index (κ3) is 3.31. The lowest BCUT2D eigenvalue weighted by molar-refractivity contribution is 0.164. The summed E-state index contributed by atoms with van der Waals surface area (Å²) >= 11 is 7.42. The maximum absolute atomic E-state index is 6.37. The number of hydrogen-bond acceptors (Lipinski definition) is 4. The summed E-state index contributed by atoms with van der Waals surface area (Å²) in [6, 6.07) is 3.48. The summed E-state index contributed by atoms with van der Waals surface area (Å²) in [7, 11) is 2.24. The van der Waals surface area contributed by atoms with Crippen LogP contribution < -0.4 is 5.73 Å². The van der Waals surface area contributed by atoms with Crippen LogP contribution >= 0.6 is 39.0 Å². The normalized spacial score (nSPS) is 23.5. The number of nitrogens with zero attached hydrogens (tertiary/aromatic N) is 1. The fraction of sp³-hybridized carbons (Fsp3) is 0.692. The van der Waals surface area contributed by atoms with Crippen molar-refractivity contribution in [3.63, 3.8) is 0 Å². The molecule has 2 heterocycles. The highest BCUT2D eigenvalue weighted by atomic mass is 79.9. The van der Waals surface area contributed by atoms with E-state index in [0.717, 1.165) is 6.42 Å². The minimum absolute atomic E-state index is 0.214. The van der Waals surface area contributed by atoms with Crippen molar-refractivity contribution >= 4 is 39.0 Å². The molecule has 1 aliphatic rings. The molecule has 3 atom stereocenters. The van der Waals surface area contributed by atoms with Gasteiger partial charge in [0, 0.05) is 32.6 Å². The van der Waals surface area contributed by atoms with Crippen LogP contribution in [0.2, 0.25) is 0 Å². The first-order valence-electron chi connectivity index (χ1n) is 6.42. The zero-order valence-electron chi connectivity index (χ0n) is 10.9. The zero-order valence-corrected chi connectivity index (χ0v) is 14.2.